The molecule has 0 bridgehead atoms. The second-order valence-electron chi connectivity index (χ2n) is 10.7. The average Bonchev–Trinajstić information content (AvgIpc) is 3.64. The van der Waals surface area contributed by atoms with Crippen molar-refractivity contribution in [1.82, 2.24) is 30.1 Å². The predicted octanol–water partition coefficient (Wildman–Crippen LogP) is 5.07. The Hall–Kier alpha value is -3.52. The zero-order chi connectivity index (χ0) is 25.9. The molecule has 2 fully saturated rings. The summed E-state index contributed by atoms with van der Waals surface area (Å²) in [6.45, 7) is 4.37. The number of benzene rings is 2. The van der Waals surface area contributed by atoms with Crippen LogP contribution in [0.4, 0.5) is 0 Å². The number of piperidine rings is 1. The number of likely N-dealkylation sites (tertiary alicyclic amines) is 1. The van der Waals surface area contributed by atoms with Gasteiger partial charge in [-0.1, -0.05) is 43.2 Å². The van der Waals surface area contributed by atoms with Gasteiger partial charge in [-0.25, -0.2) is 4.68 Å². The van der Waals surface area contributed by atoms with E-state index in [1.54, 1.807) is 0 Å². The smallest absolute Gasteiger partial charge is 0.253 e. The quantitative estimate of drug-likeness (QED) is 0.355. The summed E-state index contributed by atoms with van der Waals surface area (Å²) >= 11 is 0. The van der Waals surface area contributed by atoms with Crippen LogP contribution in [0.2, 0.25) is 0 Å². The topological polar surface area (TPSA) is 88.9 Å². The molecule has 2 aromatic heterocycles. The van der Waals surface area contributed by atoms with Crippen molar-refractivity contribution in [2.24, 2.45) is 5.92 Å². The highest BCUT2D eigenvalue weighted by Gasteiger charge is 2.35. The standard InChI is InChI=1S/C30H36N6O2/c1-2-38-25-12-13-27-23(19-25)20-26(30(37)31-27)28(29-32-33-34-36(29)24-10-6-7-11-24)35-16-14-22(15-17-35)18-21-8-4-3-5-9-21/h3-5,8-9,12-13,19-20,22,24,28H,2,6-7,10-11,14-18H2,1H3,(H,31,37)/t28-/m0/s1. The first-order chi connectivity index (χ1) is 18.7. The van der Waals surface area contributed by atoms with E-state index in [9.17, 15) is 4.79 Å². The molecular formula is C30H36N6O2. The summed E-state index contributed by atoms with van der Waals surface area (Å²) in [5.74, 6) is 2.21. The molecule has 198 valence electrons. The maximum atomic E-state index is 13.6. The van der Waals surface area contributed by atoms with Crippen LogP contribution in [0, 0.1) is 5.92 Å². The summed E-state index contributed by atoms with van der Waals surface area (Å²) in [5.41, 5.74) is 2.81. The van der Waals surface area contributed by atoms with E-state index in [2.05, 4.69) is 55.7 Å². The molecule has 1 aliphatic heterocycles. The summed E-state index contributed by atoms with van der Waals surface area (Å²) in [6.07, 6.45) is 7.79. The van der Waals surface area contributed by atoms with E-state index < -0.39 is 0 Å². The number of rotatable bonds is 8. The fraction of sp³-hybridized carbons (Fsp3) is 0.467. The van der Waals surface area contributed by atoms with Crippen LogP contribution in [0.15, 0.2) is 59.4 Å². The Morgan fingerprint density at radius 1 is 1.03 bits per heavy atom. The van der Waals surface area contributed by atoms with E-state index in [4.69, 9.17) is 4.74 Å². The molecule has 38 heavy (non-hydrogen) atoms. The largest absolute Gasteiger partial charge is 0.494 e. The summed E-state index contributed by atoms with van der Waals surface area (Å²) < 4.78 is 7.75. The maximum absolute atomic E-state index is 13.6. The SMILES string of the molecule is CCOc1ccc2[nH]c(=O)c([C@@H](c3nnnn3C3CCCC3)N3CCC(Cc4ccccc4)CC3)cc2c1. The number of aromatic nitrogens is 5. The third-order valence-corrected chi connectivity index (χ3v) is 8.26. The third-order valence-electron chi connectivity index (χ3n) is 8.26. The van der Waals surface area contributed by atoms with Gasteiger partial charge in [0.15, 0.2) is 5.82 Å². The molecule has 1 saturated heterocycles. The molecule has 2 aliphatic rings. The highest BCUT2D eigenvalue weighted by atomic mass is 16.5. The van der Waals surface area contributed by atoms with Crippen LogP contribution < -0.4 is 10.3 Å². The van der Waals surface area contributed by atoms with E-state index in [1.807, 2.05) is 35.9 Å². The van der Waals surface area contributed by atoms with E-state index in [0.717, 1.165) is 67.7 Å². The van der Waals surface area contributed by atoms with Gasteiger partial charge in [-0.05, 0) is 98.3 Å². The molecule has 6 rings (SSSR count). The highest BCUT2D eigenvalue weighted by Crippen LogP contribution is 2.36. The van der Waals surface area contributed by atoms with Crippen molar-refractivity contribution >= 4 is 10.9 Å². The first kappa shape index (κ1) is 24.8. The maximum Gasteiger partial charge on any atom is 0.253 e. The summed E-state index contributed by atoms with van der Waals surface area (Å²) in [4.78, 5) is 19.1. The Morgan fingerprint density at radius 2 is 1.82 bits per heavy atom. The normalized spacial score (nSPS) is 18.2. The number of H-pyrrole nitrogens is 1. The zero-order valence-corrected chi connectivity index (χ0v) is 22.1. The molecule has 1 atom stereocenters. The Kier molecular flexibility index (Phi) is 7.22. The van der Waals surface area contributed by atoms with Gasteiger partial charge in [-0.2, -0.15) is 0 Å². The van der Waals surface area contributed by atoms with Gasteiger partial charge in [-0.3, -0.25) is 9.69 Å². The van der Waals surface area contributed by atoms with Crippen LogP contribution in [0.25, 0.3) is 10.9 Å². The molecule has 3 heterocycles. The number of ether oxygens (including phenoxy) is 1. The number of hydrogen-bond acceptors (Lipinski definition) is 6. The van der Waals surface area contributed by atoms with Crippen molar-refractivity contribution < 1.29 is 4.74 Å². The minimum atomic E-state index is -0.299. The lowest BCUT2D eigenvalue weighted by Gasteiger charge is -2.37. The number of tetrazole rings is 1. The van der Waals surface area contributed by atoms with Crippen molar-refractivity contribution in [3.8, 4) is 5.75 Å². The molecule has 0 unspecified atom stereocenters. The van der Waals surface area contributed by atoms with E-state index >= 15 is 0 Å². The van der Waals surface area contributed by atoms with Crippen molar-refractivity contribution in [3.05, 3.63) is 81.9 Å². The van der Waals surface area contributed by atoms with Crippen LogP contribution in [-0.2, 0) is 6.42 Å². The molecule has 0 radical (unpaired) electrons. The molecule has 0 amide bonds. The molecule has 1 aliphatic carbocycles. The lowest BCUT2D eigenvalue weighted by molar-refractivity contribution is 0.141. The highest BCUT2D eigenvalue weighted by molar-refractivity contribution is 5.80. The molecule has 4 aromatic rings. The zero-order valence-electron chi connectivity index (χ0n) is 22.1. The lowest BCUT2D eigenvalue weighted by Crippen LogP contribution is -2.41. The fourth-order valence-corrected chi connectivity index (χ4v) is 6.31. The number of nitrogens with one attached hydrogen (secondary N) is 1. The summed E-state index contributed by atoms with van der Waals surface area (Å²) in [7, 11) is 0. The fourth-order valence-electron chi connectivity index (χ4n) is 6.31. The number of hydrogen-bond donors (Lipinski definition) is 1. The number of aromatic amines is 1. The summed E-state index contributed by atoms with van der Waals surface area (Å²) in [6, 6.07) is 18.6. The first-order valence-corrected chi connectivity index (χ1v) is 14.0. The third kappa shape index (κ3) is 5.10. The molecule has 0 spiro atoms. The average molecular weight is 513 g/mol. The van der Waals surface area contributed by atoms with E-state index in [-0.39, 0.29) is 11.6 Å². The molecular weight excluding hydrogens is 476 g/mol. The van der Waals surface area contributed by atoms with Crippen molar-refractivity contribution in [2.75, 3.05) is 19.7 Å². The van der Waals surface area contributed by atoms with Gasteiger partial charge in [0, 0.05) is 16.5 Å². The number of fused-ring (bicyclic) bond motifs is 1. The Bertz CT molecular complexity index is 1420. The molecule has 8 nitrogen and oxygen atoms in total. The van der Waals surface area contributed by atoms with Gasteiger partial charge in [0.1, 0.15) is 11.8 Å². The minimum Gasteiger partial charge on any atom is -0.494 e. The van der Waals surface area contributed by atoms with Gasteiger partial charge < -0.3 is 9.72 Å². The number of pyridine rings is 1. The van der Waals surface area contributed by atoms with E-state index in [0.29, 0.717) is 24.1 Å². The first-order valence-electron chi connectivity index (χ1n) is 14.0. The van der Waals surface area contributed by atoms with Crippen LogP contribution in [-0.4, -0.2) is 49.8 Å². The molecule has 1 saturated carbocycles. The van der Waals surface area contributed by atoms with Gasteiger partial charge in [0.25, 0.3) is 5.56 Å². The van der Waals surface area contributed by atoms with Crippen LogP contribution in [0.3, 0.4) is 0 Å². The predicted molar refractivity (Wildman–Crippen MR) is 147 cm³/mol. The summed E-state index contributed by atoms with van der Waals surface area (Å²) in [5, 5.41) is 14.1. The second-order valence-corrected chi connectivity index (χ2v) is 10.7. The molecule has 8 heteroatoms. The van der Waals surface area contributed by atoms with Gasteiger partial charge >= 0.3 is 0 Å². The minimum absolute atomic E-state index is 0.0842. The second kappa shape index (κ2) is 11.1. The lowest BCUT2D eigenvalue weighted by atomic mass is 9.89. The Labute approximate surface area is 223 Å². The van der Waals surface area contributed by atoms with Crippen LogP contribution >= 0.6 is 0 Å². The van der Waals surface area contributed by atoms with Crippen LogP contribution in [0.5, 0.6) is 5.75 Å². The molecule has 1 N–H and O–H groups in total. The Morgan fingerprint density at radius 3 is 2.58 bits per heavy atom. The van der Waals surface area contributed by atoms with Crippen molar-refractivity contribution in [1.29, 1.82) is 0 Å². The number of nitrogens with zero attached hydrogens (tertiary/aromatic N) is 5. The van der Waals surface area contributed by atoms with Crippen LogP contribution in [0.1, 0.15) is 74.5 Å². The van der Waals surface area contributed by atoms with Crippen molar-refractivity contribution in [3.63, 3.8) is 0 Å². The van der Waals surface area contributed by atoms with Gasteiger partial charge in [0.2, 0.25) is 0 Å². The van der Waals surface area contributed by atoms with Crippen molar-refractivity contribution in [2.45, 2.75) is 64.0 Å². The molecule has 2 aromatic carbocycles. The van der Waals surface area contributed by atoms with Gasteiger partial charge in [0.05, 0.1) is 12.6 Å². The van der Waals surface area contributed by atoms with E-state index in [1.165, 1.54) is 18.4 Å². The monoisotopic (exact) mass is 512 g/mol. The van der Waals surface area contributed by atoms with Gasteiger partial charge in [-0.15, -0.1) is 5.10 Å². The Balaban J connectivity index is 1.35.